The van der Waals surface area contributed by atoms with E-state index in [1.165, 1.54) is 4.90 Å². The van der Waals surface area contributed by atoms with Gasteiger partial charge in [-0.2, -0.15) is 0 Å². The Bertz CT molecular complexity index is 1170. The third kappa shape index (κ3) is 4.99. The van der Waals surface area contributed by atoms with Crippen molar-refractivity contribution in [1.82, 2.24) is 4.90 Å². The lowest BCUT2D eigenvalue weighted by Gasteiger charge is -2.22. The highest BCUT2D eigenvalue weighted by molar-refractivity contribution is 6.30. The molecule has 0 aromatic heterocycles. The minimum atomic E-state index is -0.955. The molecule has 1 fully saturated rings. The number of rotatable bonds is 7. The van der Waals surface area contributed by atoms with E-state index < -0.39 is 18.0 Å². The lowest BCUT2D eigenvalue weighted by atomic mass is 10.1. The van der Waals surface area contributed by atoms with Crippen LogP contribution in [0, 0.1) is 0 Å². The maximum Gasteiger partial charge on any atom is 0.332 e. The SMILES string of the molecule is COc1cccc(CN2C(=O)N(c3ccc(Cl)cc3)C(=O)[C@H]2CC(=O)Nc2ccccc2)c1. The van der Waals surface area contributed by atoms with Crippen LogP contribution in [0.4, 0.5) is 16.2 Å². The topological polar surface area (TPSA) is 79.0 Å². The normalized spacial score (nSPS) is 15.6. The number of hydrogen-bond acceptors (Lipinski definition) is 4. The molecule has 1 atom stereocenters. The maximum atomic E-state index is 13.3. The predicted octanol–water partition coefficient (Wildman–Crippen LogP) is 4.71. The first kappa shape index (κ1) is 22.4. The highest BCUT2D eigenvalue weighted by atomic mass is 35.5. The molecule has 8 heteroatoms. The van der Waals surface area contributed by atoms with Gasteiger partial charge in [0, 0.05) is 17.3 Å². The van der Waals surface area contributed by atoms with Crippen molar-refractivity contribution in [2.75, 3.05) is 17.3 Å². The maximum absolute atomic E-state index is 13.3. The molecule has 0 unspecified atom stereocenters. The standard InChI is InChI=1S/C25H22ClN3O4/c1-33-21-9-5-6-17(14-21)16-28-22(15-23(30)27-19-7-3-2-4-8-19)24(31)29(25(28)32)20-12-10-18(26)11-13-20/h2-14,22H,15-16H2,1H3,(H,27,30)/t22-/m1/s1. The van der Waals surface area contributed by atoms with Gasteiger partial charge in [0.05, 0.1) is 19.2 Å². The number of methoxy groups -OCH3 is 1. The molecule has 7 nitrogen and oxygen atoms in total. The largest absolute Gasteiger partial charge is 0.497 e. The smallest absolute Gasteiger partial charge is 0.332 e. The average Bonchev–Trinajstić information content (AvgIpc) is 3.04. The molecule has 4 amide bonds. The summed E-state index contributed by atoms with van der Waals surface area (Å²) in [5.41, 5.74) is 1.80. The van der Waals surface area contributed by atoms with Gasteiger partial charge in [-0.05, 0) is 54.1 Å². The lowest BCUT2D eigenvalue weighted by molar-refractivity contribution is -0.124. The molecule has 33 heavy (non-hydrogen) atoms. The van der Waals surface area contributed by atoms with Crippen molar-refractivity contribution in [3.8, 4) is 5.75 Å². The number of nitrogens with zero attached hydrogens (tertiary/aromatic N) is 2. The van der Waals surface area contributed by atoms with E-state index in [9.17, 15) is 14.4 Å². The van der Waals surface area contributed by atoms with Crippen LogP contribution in [0.15, 0.2) is 78.9 Å². The number of nitrogens with one attached hydrogen (secondary N) is 1. The number of hydrogen-bond donors (Lipinski definition) is 1. The molecule has 0 spiro atoms. The quantitative estimate of drug-likeness (QED) is 0.514. The van der Waals surface area contributed by atoms with Crippen LogP contribution in [-0.4, -0.2) is 35.9 Å². The second-order valence-corrected chi connectivity index (χ2v) is 7.98. The first-order chi connectivity index (χ1) is 16.0. The Morgan fingerprint density at radius 2 is 1.73 bits per heavy atom. The van der Waals surface area contributed by atoms with Crippen LogP contribution >= 0.6 is 11.6 Å². The van der Waals surface area contributed by atoms with E-state index >= 15 is 0 Å². The highest BCUT2D eigenvalue weighted by Crippen LogP contribution is 2.30. The summed E-state index contributed by atoms with van der Waals surface area (Å²) in [6.07, 6.45) is -0.173. The molecule has 0 bridgehead atoms. The fourth-order valence-corrected chi connectivity index (χ4v) is 3.84. The zero-order chi connectivity index (χ0) is 23.4. The molecule has 3 aromatic carbocycles. The molecule has 1 aliphatic rings. The number of carbonyl (C=O) groups excluding carboxylic acids is 3. The zero-order valence-corrected chi connectivity index (χ0v) is 18.7. The van der Waals surface area contributed by atoms with Crippen LogP contribution in [-0.2, 0) is 16.1 Å². The molecule has 0 radical (unpaired) electrons. The van der Waals surface area contributed by atoms with Gasteiger partial charge < -0.3 is 15.0 Å². The Hall–Kier alpha value is -3.84. The Morgan fingerprint density at radius 3 is 2.42 bits per heavy atom. The second kappa shape index (κ2) is 9.75. The van der Waals surface area contributed by atoms with Crippen LogP contribution in [0.25, 0.3) is 0 Å². The highest BCUT2D eigenvalue weighted by Gasteiger charge is 2.46. The van der Waals surface area contributed by atoms with Crippen LogP contribution in [0.3, 0.4) is 0 Å². The van der Waals surface area contributed by atoms with Gasteiger partial charge in [0.15, 0.2) is 0 Å². The number of carbonyl (C=O) groups is 3. The molecule has 1 aliphatic heterocycles. The van der Waals surface area contributed by atoms with Crippen LogP contribution < -0.4 is 15.0 Å². The number of imide groups is 1. The summed E-state index contributed by atoms with van der Waals surface area (Å²) >= 11 is 5.97. The van der Waals surface area contributed by atoms with Crippen LogP contribution in [0.1, 0.15) is 12.0 Å². The number of anilines is 2. The summed E-state index contributed by atoms with van der Waals surface area (Å²) in [5.74, 6) is -0.187. The minimum absolute atomic E-state index is 0.148. The Kier molecular flexibility index (Phi) is 6.60. The molecule has 3 aromatic rings. The third-order valence-electron chi connectivity index (χ3n) is 5.33. The van der Waals surface area contributed by atoms with E-state index in [0.717, 1.165) is 10.5 Å². The van der Waals surface area contributed by atoms with E-state index in [1.54, 1.807) is 67.8 Å². The van der Waals surface area contributed by atoms with Gasteiger partial charge in [-0.3, -0.25) is 9.59 Å². The van der Waals surface area contributed by atoms with Crippen molar-refractivity contribution in [2.24, 2.45) is 0 Å². The minimum Gasteiger partial charge on any atom is -0.497 e. The van der Waals surface area contributed by atoms with Crippen molar-refractivity contribution < 1.29 is 19.1 Å². The average molecular weight is 464 g/mol. The Balaban J connectivity index is 1.62. The van der Waals surface area contributed by atoms with Crippen molar-refractivity contribution in [2.45, 2.75) is 19.0 Å². The molecular weight excluding hydrogens is 442 g/mol. The number of urea groups is 1. The number of halogens is 1. The second-order valence-electron chi connectivity index (χ2n) is 7.55. The molecular formula is C25H22ClN3O4. The molecule has 4 rings (SSSR count). The summed E-state index contributed by atoms with van der Waals surface area (Å²) in [6.45, 7) is 0.148. The van der Waals surface area contributed by atoms with Gasteiger partial charge in [0.25, 0.3) is 5.91 Å². The van der Waals surface area contributed by atoms with E-state index in [4.69, 9.17) is 16.3 Å². The molecule has 0 aliphatic carbocycles. The van der Waals surface area contributed by atoms with E-state index in [0.29, 0.717) is 22.1 Å². The van der Waals surface area contributed by atoms with E-state index in [2.05, 4.69) is 5.32 Å². The summed E-state index contributed by atoms with van der Waals surface area (Å²) in [5, 5.41) is 3.27. The van der Waals surface area contributed by atoms with Crippen molar-refractivity contribution in [3.63, 3.8) is 0 Å². The van der Waals surface area contributed by atoms with Gasteiger partial charge in [0.1, 0.15) is 11.8 Å². The number of ether oxygens (including phenoxy) is 1. The molecule has 1 N–H and O–H groups in total. The molecule has 0 saturated carbocycles. The number of para-hydroxylation sites is 1. The fourth-order valence-electron chi connectivity index (χ4n) is 3.72. The Labute approximate surface area is 196 Å². The third-order valence-corrected chi connectivity index (χ3v) is 5.58. The van der Waals surface area contributed by atoms with Gasteiger partial charge in [-0.1, -0.05) is 41.9 Å². The van der Waals surface area contributed by atoms with E-state index in [-0.39, 0.29) is 18.9 Å². The van der Waals surface area contributed by atoms with Crippen molar-refractivity contribution >= 4 is 40.8 Å². The van der Waals surface area contributed by atoms with Crippen molar-refractivity contribution in [3.05, 3.63) is 89.4 Å². The molecule has 168 valence electrons. The first-order valence-corrected chi connectivity index (χ1v) is 10.7. The summed E-state index contributed by atoms with van der Waals surface area (Å²) < 4.78 is 5.27. The summed E-state index contributed by atoms with van der Waals surface area (Å²) in [6, 6.07) is 21.2. The monoisotopic (exact) mass is 463 g/mol. The number of amides is 4. The van der Waals surface area contributed by atoms with E-state index in [1.807, 2.05) is 18.2 Å². The van der Waals surface area contributed by atoms with Gasteiger partial charge in [-0.15, -0.1) is 0 Å². The van der Waals surface area contributed by atoms with Gasteiger partial charge in [-0.25, -0.2) is 9.69 Å². The molecule has 1 saturated heterocycles. The Morgan fingerprint density at radius 1 is 1.00 bits per heavy atom. The van der Waals surface area contributed by atoms with Gasteiger partial charge >= 0.3 is 6.03 Å². The van der Waals surface area contributed by atoms with Crippen LogP contribution in [0.2, 0.25) is 5.02 Å². The fraction of sp³-hybridized carbons (Fsp3) is 0.160. The summed E-state index contributed by atoms with van der Waals surface area (Å²) in [7, 11) is 1.56. The van der Waals surface area contributed by atoms with Crippen LogP contribution in [0.5, 0.6) is 5.75 Å². The van der Waals surface area contributed by atoms with Gasteiger partial charge in [0.2, 0.25) is 5.91 Å². The first-order valence-electron chi connectivity index (χ1n) is 10.3. The summed E-state index contributed by atoms with van der Waals surface area (Å²) in [4.78, 5) is 41.9. The lowest BCUT2D eigenvalue weighted by Crippen LogP contribution is -2.37. The zero-order valence-electron chi connectivity index (χ0n) is 17.9. The number of benzene rings is 3. The predicted molar refractivity (Wildman–Crippen MR) is 126 cm³/mol. The van der Waals surface area contributed by atoms with Crippen molar-refractivity contribution in [1.29, 1.82) is 0 Å². The molecule has 1 heterocycles.